The number of carbonyl (C=O) groups excluding carboxylic acids is 1. The molecule has 1 saturated carbocycles. The zero-order valence-electron chi connectivity index (χ0n) is 9.66. The van der Waals surface area contributed by atoms with Crippen molar-refractivity contribution in [3.05, 3.63) is 18.0 Å². The van der Waals surface area contributed by atoms with Gasteiger partial charge in [0, 0.05) is 30.5 Å². The second kappa shape index (κ2) is 3.47. The number of nitrogens with zero attached hydrogens (tertiary/aromatic N) is 2. The Morgan fingerprint density at radius 3 is 2.80 bits per heavy atom. The van der Waals surface area contributed by atoms with E-state index >= 15 is 0 Å². The number of aromatic nitrogens is 2. The van der Waals surface area contributed by atoms with Crippen LogP contribution in [0, 0.1) is 5.41 Å². The minimum Gasteiger partial charge on any atom is -0.299 e. The van der Waals surface area contributed by atoms with Crippen LogP contribution < -0.4 is 0 Å². The molecule has 3 nitrogen and oxygen atoms in total. The van der Waals surface area contributed by atoms with E-state index < -0.39 is 0 Å². The van der Waals surface area contributed by atoms with Crippen molar-refractivity contribution in [1.82, 2.24) is 9.78 Å². The molecule has 2 rings (SSSR count). The fourth-order valence-electron chi connectivity index (χ4n) is 2.37. The van der Waals surface area contributed by atoms with Gasteiger partial charge in [-0.05, 0) is 18.9 Å². The Bertz CT molecular complexity index is 383. The van der Waals surface area contributed by atoms with Gasteiger partial charge in [-0.25, -0.2) is 0 Å². The van der Waals surface area contributed by atoms with Crippen molar-refractivity contribution >= 4 is 5.78 Å². The second-order valence-electron chi connectivity index (χ2n) is 4.58. The van der Waals surface area contributed by atoms with Gasteiger partial charge in [0.15, 0.2) is 0 Å². The van der Waals surface area contributed by atoms with E-state index in [9.17, 15) is 4.79 Å². The summed E-state index contributed by atoms with van der Waals surface area (Å²) in [6, 6.07) is 0. The highest BCUT2D eigenvalue weighted by Gasteiger charge is 2.50. The number of carbonyl (C=O) groups is 1. The Hall–Kier alpha value is -1.12. The summed E-state index contributed by atoms with van der Waals surface area (Å²) in [5.41, 5.74) is 1.09. The first kappa shape index (κ1) is 10.4. The van der Waals surface area contributed by atoms with E-state index in [-0.39, 0.29) is 5.41 Å². The number of Topliss-reactive ketones (excluding diaryl/α,β-unsaturated/α-hetero) is 1. The molecule has 1 aromatic rings. The number of rotatable bonds is 3. The highest BCUT2D eigenvalue weighted by atomic mass is 16.1. The molecule has 2 atom stereocenters. The molecule has 1 aliphatic rings. The van der Waals surface area contributed by atoms with E-state index in [0.717, 1.165) is 13.0 Å². The van der Waals surface area contributed by atoms with Crippen molar-refractivity contribution in [3.63, 3.8) is 0 Å². The standard InChI is InChI=1S/C12H18N2O/c1-4-12(3)10(6-11(12)15)9-7-13-14(5-2)8-9/h7-8,10H,4-6H2,1-3H3. The van der Waals surface area contributed by atoms with Crippen LogP contribution in [-0.2, 0) is 11.3 Å². The molecule has 0 aromatic carbocycles. The molecular formula is C12H18N2O. The lowest BCUT2D eigenvalue weighted by Crippen LogP contribution is -2.45. The van der Waals surface area contributed by atoms with E-state index in [2.05, 4.69) is 32.1 Å². The molecule has 1 aromatic heterocycles. The van der Waals surface area contributed by atoms with Crippen LogP contribution in [0.25, 0.3) is 0 Å². The van der Waals surface area contributed by atoms with Gasteiger partial charge in [-0.1, -0.05) is 13.8 Å². The Kier molecular flexibility index (Phi) is 2.41. The first-order chi connectivity index (χ1) is 7.11. The summed E-state index contributed by atoms with van der Waals surface area (Å²) in [6.07, 6.45) is 5.60. The molecule has 2 unspecified atom stereocenters. The first-order valence-corrected chi connectivity index (χ1v) is 5.67. The number of ketones is 1. The molecule has 0 spiro atoms. The van der Waals surface area contributed by atoms with Gasteiger partial charge in [-0.2, -0.15) is 5.10 Å². The van der Waals surface area contributed by atoms with Gasteiger partial charge in [0.05, 0.1) is 6.20 Å². The zero-order chi connectivity index (χ0) is 11.1. The molecule has 15 heavy (non-hydrogen) atoms. The van der Waals surface area contributed by atoms with Crippen molar-refractivity contribution < 1.29 is 4.79 Å². The van der Waals surface area contributed by atoms with Crippen LogP contribution in [0.1, 0.15) is 45.1 Å². The van der Waals surface area contributed by atoms with E-state index in [4.69, 9.17) is 0 Å². The smallest absolute Gasteiger partial charge is 0.140 e. The quantitative estimate of drug-likeness (QED) is 0.761. The fourth-order valence-corrected chi connectivity index (χ4v) is 2.37. The highest BCUT2D eigenvalue weighted by molar-refractivity contribution is 5.92. The van der Waals surface area contributed by atoms with Crippen molar-refractivity contribution in [3.8, 4) is 0 Å². The second-order valence-corrected chi connectivity index (χ2v) is 4.58. The van der Waals surface area contributed by atoms with Crippen LogP contribution in [0.5, 0.6) is 0 Å². The normalized spacial score (nSPS) is 30.3. The maximum atomic E-state index is 11.6. The van der Waals surface area contributed by atoms with Crippen molar-refractivity contribution in [2.24, 2.45) is 5.41 Å². The Morgan fingerprint density at radius 1 is 1.60 bits per heavy atom. The minimum atomic E-state index is -0.137. The predicted octanol–water partition coefficient (Wildman–Crippen LogP) is 2.38. The molecule has 0 saturated heterocycles. The number of aryl methyl sites for hydroxylation is 1. The Balaban J connectivity index is 2.22. The SMILES string of the molecule is CCn1cc(C2CC(=O)C2(C)CC)cn1. The van der Waals surface area contributed by atoms with E-state index in [1.165, 1.54) is 5.56 Å². The maximum Gasteiger partial charge on any atom is 0.140 e. The summed E-state index contributed by atoms with van der Waals surface area (Å²) in [6.45, 7) is 7.13. The average molecular weight is 206 g/mol. The molecule has 0 aliphatic heterocycles. The van der Waals surface area contributed by atoms with Crippen LogP contribution in [0.2, 0.25) is 0 Å². The summed E-state index contributed by atoms with van der Waals surface area (Å²) in [4.78, 5) is 11.6. The zero-order valence-corrected chi connectivity index (χ0v) is 9.66. The molecule has 0 N–H and O–H groups in total. The van der Waals surface area contributed by atoms with E-state index in [1.54, 1.807) is 0 Å². The Morgan fingerprint density at radius 2 is 2.33 bits per heavy atom. The molecule has 1 aliphatic carbocycles. The highest BCUT2D eigenvalue weighted by Crippen LogP contribution is 2.51. The lowest BCUT2D eigenvalue weighted by Gasteiger charge is -2.44. The summed E-state index contributed by atoms with van der Waals surface area (Å²) < 4.78 is 1.92. The van der Waals surface area contributed by atoms with Crippen LogP contribution in [0.4, 0.5) is 0 Å². The molecule has 3 heteroatoms. The largest absolute Gasteiger partial charge is 0.299 e. The summed E-state index contributed by atoms with van der Waals surface area (Å²) >= 11 is 0. The topological polar surface area (TPSA) is 34.9 Å². The van der Waals surface area contributed by atoms with Gasteiger partial charge in [-0.15, -0.1) is 0 Å². The molecular weight excluding hydrogens is 188 g/mol. The van der Waals surface area contributed by atoms with Gasteiger partial charge in [-0.3, -0.25) is 9.48 Å². The van der Waals surface area contributed by atoms with Crippen LogP contribution >= 0.6 is 0 Å². The molecule has 0 bridgehead atoms. The lowest BCUT2D eigenvalue weighted by atomic mass is 9.57. The maximum absolute atomic E-state index is 11.6. The summed E-state index contributed by atoms with van der Waals surface area (Å²) in [7, 11) is 0. The van der Waals surface area contributed by atoms with Crippen LogP contribution in [0.3, 0.4) is 0 Å². The predicted molar refractivity (Wildman–Crippen MR) is 58.7 cm³/mol. The van der Waals surface area contributed by atoms with Crippen molar-refractivity contribution in [1.29, 1.82) is 0 Å². The van der Waals surface area contributed by atoms with Crippen LogP contribution in [0.15, 0.2) is 12.4 Å². The van der Waals surface area contributed by atoms with Gasteiger partial charge in [0.25, 0.3) is 0 Å². The Labute approximate surface area is 90.5 Å². The third-order valence-electron chi connectivity index (χ3n) is 3.91. The van der Waals surface area contributed by atoms with Crippen molar-refractivity contribution in [2.45, 2.75) is 46.1 Å². The molecule has 1 fully saturated rings. The van der Waals surface area contributed by atoms with Gasteiger partial charge >= 0.3 is 0 Å². The van der Waals surface area contributed by atoms with E-state index in [1.807, 2.05) is 10.9 Å². The van der Waals surface area contributed by atoms with Crippen LogP contribution in [-0.4, -0.2) is 15.6 Å². The first-order valence-electron chi connectivity index (χ1n) is 5.67. The van der Waals surface area contributed by atoms with Gasteiger partial charge < -0.3 is 0 Å². The van der Waals surface area contributed by atoms with Gasteiger partial charge in [0.2, 0.25) is 0 Å². The average Bonchev–Trinajstić information content (AvgIpc) is 2.72. The summed E-state index contributed by atoms with van der Waals surface area (Å²) in [5, 5.41) is 4.27. The lowest BCUT2D eigenvalue weighted by molar-refractivity contribution is -0.139. The van der Waals surface area contributed by atoms with E-state index in [0.29, 0.717) is 18.1 Å². The van der Waals surface area contributed by atoms with Crippen molar-refractivity contribution in [2.75, 3.05) is 0 Å². The fraction of sp³-hybridized carbons (Fsp3) is 0.667. The molecule has 82 valence electrons. The summed E-state index contributed by atoms with van der Waals surface area (Å²) in [5.74, 6) is 0.787. The monoisotopic (exact) mass is 206 g/mol. The third kappa shape index (κ3) is 1.41. The molecule has 0 radical (unpaired) electrons. The number of hydrogen-bond donors (Lipinski definition) is 0. The number of hydrogen-bond acceptors (Lipinski definition) is 2. The third-order valence-corrected chi connectivity index (χ3v) is 3.91. The minimum absolute atomic E-state index is 0.137. The molecule has 1 heterocycles. The van der Waals surface area contributed by atoms with Gasteiger partial charge in [0.1, 0.15) is 5.78 Å². The molecule has 0 amide bonds.